The Hall–Kier alpha value is -2.30. The first-order chi connectivity index (χ1) is 8.60. The summed E-state index contributed by atoms with van der Waals surface area (Å²) >= 11 is 0. The van der Waals surface area contributed by atoms with Gasteiger partial charge in [-0.05, 0) is 30.3 Å². The molecule has 2 aromatic carbocycles. The predicted octanol–water partition coefficient (Wildman–Crippen LogP) is 3.30. The van der Waals surface area contributed by atoms with Gasteiger partial charge in [-0.25, -0.2) is 8.78 Å². The van der Waals surface area contributed by atoms with Gasteiger partial charge in [0.25, 0.3) is 0 Å². The highest BCUT2D eigenvalue weighted by molar-refractivity contribution is 5.63. The minimum Gasteiger partial charge on any atom is -0.494 e. The Balaban J connectivity index is 2.26. The van der Waals surface area contributed by atoms with E-state index in [1.807, 2.05) is 0 Å². The van der Waals surface area contributed by atoms with Crippen LogP contribution in [0.2, 0.25) is 0 Å². The molecule has 18 heavy (non-hydrogen) atoms. The van der Waals surface area contributed by atoms with Crippen LogP contribution in [0.5, 0.6) is 5.75 Å². The van der Waals surface area contributed by atoms with Gasteiger partial charge in [-0.15, -0.1) is 0 Å². The summed E-state index contributed by atoms with van der Waals surface area (Å²) in [5.41, 5.74) is 6.43. The summed E-state index contributed by atoms with van der Waals surface area (Å²) in [6, 6.07) is 8.54. The van der Waals surface area contributed by atoms with Crippen LogP contribution in [0.4, 0.5) is 25.8 Å². The van der Waals surface area contributed by atoms with E-state index < -0.39 is 11.6 Å². The van der Waals surface area contributed by atoms with Gasteiger partial charge in [0, 0.05) is 17.4 Å². The molecule has 2 rings (SSSR count). The van der Waals surface area contributed by atoms with Crippen LogP contribution in [0.3, 0.4) is 0 Å². The number of hydrogen-bond acceptors (Lipinski definition) is 3. The molecule has 0 aromatic heterocycles. The molecule has 0 aliphatic carbocycles. The number of ether oxygens (including phenoxy) is 1. The average Bonchev–Trinajstić information content (AvgIpc) is 2.33. The molecule has 0 fully saturated rings. The highest BCUT2D eigenvalue weighted by Crippen LogP contribution is 2.25. The smallest absolute Gasteiger partial charge is 0.167 e. The van der Waals surface area contributed by atoms with Crippen LogP contribution in [0.25, 0.3) is 0 Å². The molecule has 0 amide bonds. The number of rotatable bonds is 3. The van der Waals surface area contributed by atoms with Crippen molar-refractivity contribution in [3.63, 3.8) is 0 Å². The van der Waals surface area contributed by atoms with Gasteiger partial charge in [0.05, 0.1) is 12.8 Å². The Labute approximate surface area is 103 Å². The Morgan fingerprint density at radius 1 is 1.06 bits per heavy atom. The number of anilines is 3. The predicted molar refractivity (Wildman–Crippen MR) is 67.0 cm³/mol. The summed E-state index contributed by atoms with van der Waals surface area (Å²) in [7, 11) is 1.38. The van der Waals surface area contributed by atoms with Crippen molar-refractivity contribution < 1.29 is 13.5 Å². The Kier molecular flexibility index (Phi) is 3.32. The minimum atomic E-state index is -0.515. The van der Waals surface area contributed by atoms with Crippen LogP contribution in [-0.2, 0) is 0 Å². The zero-order chi connectivity index (χ0) is 13.1. The molecule has 0 aliphatic heterocycles. The fraction of sp³-hybridized carbons (Fsp3) is 0.0769. The molecule has 0 spiro atoms. The van der Waals surface area contributed by atoms with Crippen LogP contribution < -0.4 is 15.8 Å². The van der Waals surface area contributed by atoms with Gasteiger partial charge >= 0.3 is 0 Å². The first kappa shape index (κ1) is 12.2. The highest BCUT2D eigenvalue weighted by Gasteiger charge is 2.06. The lowest BCUT2D eigenvalue weighted by Gasteiger charge is -2.09. The fourth-order valence-corrected chi connectivity index (χ4v) is 1.53. The molecule has 0 unspecified atom stereocenters. The average molecular weight is 250 g/mol. The fourth-order valence-electron chi connectivity index (χ4n) is 1.53. The maximum Gasteiger partial charge on any atom is 0.167 e. The first-order valence-electron chi connectivity index (χ1n) is 5.26. The lowest BCUT2D eigenvalue weighted by Crippen LogP contribution is -1.96. The molecule has 0 aliphatic rings. The summed E-state index contributed by atoms with van der Waals surface area (Å²) in [4.78, 5) is 0. The van der Waals surface area contributed by atoms with E-state index in [1.165, 1.54) is 31.4 Å². The van der Waals surface area contributed by atoms with E-state index >= 15 is 0 Å². The third-order valence-electron chi connectivity index (χ3n) is 2.42. The second kappa shape index (κ2) is 4.91. The summed E-state index contributed by atoms with van der Waals surface area (Å²) in [6.45, 7) is 0. The first-order valence-corrected chi connectivity index (χ1v) is 5.26. The van der Waals surface area contributed by atoms with E-state index in [9.17, 15) is 8.78 Å². The van der Waals surface area contributed by atoms with Gasteiger partial charge in [0.1, 0.15) is 5.82 Å². The van der Waals surface area contributed by atoms with Gasteiger partial charge in [-0.1, -0.05) is 0 Å². The molecule has 94 valence electrons. The molecule has 3 N–H and O–H groups in total. The van der Waals surface area contributed by atoms with E-state index in [2.05, 4.69) is 5.32 Å². The molecular formula is C13H12F2N2O. The number of hydrogen-bond donors (Lipinski definition) is 2. The lowest BCUT2D eigenvalue weighted by molar-refractivity contribution is 0.386. The van der Waals surface area contributed by atoms with Gasteiger partial charge in [-0.3, -0.25) is 0 Å². The number of nitrogens with two attached hydrogens (primary N) is 1. The SMILES string of the molecule is COc1ccc(Nc2ccc(N)cc2F)cc1F. The van der Waals surface area contributed by atoms with Crippen LogP contribution in [0, 0.1) is 11.6 Å². The van der Waals surface area contributed by atoms with E-state index in [-0.39, 0.29) is 11.4 Å². The highest BCUT2D eigenvalue weighted by atomic mass is 19.1. The quantitative estimate of drug-likeness (QED) is 0.822. The van der Waals surface area contributed by atoms with Gasteiger partial charge < -0.3 is 15.8 Å². The summed E-state index contributed by atoms with van der Waals surface area (Å²) in [5, 5.41) is 2.77. The summed E-state index contributed by atoms with van der Waals surface area (Å²) in [5.74, 6) is -0.872. The van der Waals surface area contributed by atoms with Gasteiger partial charge in [0.15, 0.2) is 11.6 Å². The summed E-state index contributed by atoms with van der Waals surface area (Å²) in [6.07, 6.45) is 0. The largest absolute Gasteiger partial charge is 0.494 e. The van der Waals surface area contributed by atoms with Gasteiger partial charge in [-0.2, -0.15) is 0 Å². The molecule has 0 saturated carbocycles. The molecule has 2 aromatic rings. The number of benzene rings is 2. The van der Waals surface area contributed by atoms with Crippen molar-refractivity contribution in [2.24, 2.45) is 0 Å². The van der Waals surface area contributed by atoms with Crippen LogP contribution in [0.15, 0.2) is 36.4 Å². The van der Waals surface area contributed by atoms with Crippen molar-refractivity contribution in [1.29, 1.82) is 0 Å². The molecular weight excluding hydrogens is 238 g/mol. The monoisotopic (exact) mass is 250 g/mol. The van der Waals surface area contributed by atoms with Gasteiger partial charge in [0.2, 0.25) is 0 Å². The molecule has 3 nitrogen and oxygen atoms in total. The number of methoxy groups -OCH3 is 1. The van der Waals surface area contributed by atoms with Crippen molar-refractivity contribution in [3.8, 4) is 5.75 Å². The topological polar surface area (TPSA) is 47.3 Å². The number of halogens is 2. The number of nitrogen functional groups attached to an aromatic ring is 1. The molecule has 0 radical (unpaired) electrons. The third kappa shape index (κ3) is 2.51. The normalized spacial score (nSPS) is 10.2. The van der Waals surface area contributed by atoms with Crippen LogP contribution in [-0.4, -0.2) is 7.11 Å². The van der Waals surface area contributed by atoms with E-state index in [0.29, 0.717) is 11.4 Å². The maximum atomic E-state index is 13.5. The molecule has 0 atom stereocenters. The van der Waals surface area contributed by atoms with Crippen molar-refractivity contribution in [2.75, 3.05) is 18.2 Å². The standard InChI is InChI=1S/C13H12F2N2O/c1-18-13-5-3-9(7-11(13)15)17-12-4-2-8(16)6-10(12)14/h2-7,17H,16H2,1H3. The van der Waals surface area contributed by atoms with Crippen molar-refractivity contribution in [1.82, 2.24) is 0 Å². The van der Waals surface area contributed by atoms with E-state index in [1.54, 1.807) is 12.1 Å². The van der Waals surface area contributed by atoms with Crippen LogP contribution >= 0.6 is 0 Å². The van der Waals surface area contributed by atoms with Crippen molar-refractivity contribution in [2.45, 2.75) is 0 Å². The third-order valence-corrected chi connectivity index (χ3v) is 2.42. The molecule has 0 heterocycles. The van der Waals surface area contributed by atoms with Crippen LogP contribution in [0.1, 0.15) is 0 Å². The second-order valence-corrected chi connectivity index (χ2v) is 3.71. The minimum absolute atomic E-state index is 0.137. The van der Waals surface area contributed by atoms with E-state index in [0.717, 1.165) is 0 Å². The number of nitrogens with one attached hydrogen (secondary N) is 1. The Bertz CT molecular complexity index is 573. The summed E-state index contributed by atoms with van der Waals surface area (Å²) < 4.78 is 31.8. The van der Waals surface area contributed by atoms with E-state index in [4.69, 9.17) is 10.5 Å². The second-order valence-electron chi connectivity index (χ2n) is 3.71. The molecule has 0 saturated heterocycles. The molecule has 5 heteroatoms. The Morgan fingerprint density at radius 2 is 1.83 bits per heavy atom. The van der Waals surface area contributed by atoms with Crippen molar-refractivity contribution >= 4 is 17.1 Å². The Morgan fingerprint density at radius 3 is 2.44 bits per heavy atom. The zero-order valence-corrected chi connectivity index (χ0v) is 9.71. The molecule has 0 bridgehead atoms. The lowest BCUT2D eigenvalue weighted by atomic mass is 10.2. The maximum absolute atomic E-state index is 13.5. The zero-order valence-electron chi connectivity index (χ0n) is 9.71. The van der Waals surface area contributed by atoms with Crippen molar-refractivity contribution in [3.05, 3.63) is 48.0 Å².